The van der Waals surface area contributed by atoms with Crippen LogP contribution in [0, 0.1) is 17.6 Å². The van der Waals surface area contributed by atoms with Gasteiger partial charge in [0, 0.05) is 11.9 Å². The van der Waals surface area contributed by atoms with E-state index >= 15 is 0 Å². The van der Waals surface area contributed by atoms with E-state index in [1.807, 2.05) is 6.92 Å². The monoisotopic (exact) mass is 325 g/mol. The summed E-state index contributed by atoms with van der Waals surface area (Å²) in [5, 5.41) is 2.89. The topological polar surface area (TPSA) is 29.1 Å². The highest BCUT2D eigenvalue weighted by Crippen LogP contribution is 2.19. The summed E-state index contributed by atoms with van der Waals surface area (Å²) in [6.07, 6.45) is 0. The Balaban J connectivity index is 2.79. The van der Waals surface area contributed by atoms with Gasteiger partial charge in [-0.1, -0.05) is 34.5 Å². The molecule has 0 saturated carbocycles. The van der Waals surface area contributed by atoms with Crippen molar-refractivity contribution in [2.45, 2.75) is 6.92 Å². The Hall–Kier alpha value is -0.680. The first-order chi connectivity index (χ1) is 7.95. The number of alkyl halides is 1. The summed E-state index contributed by atoms with van der Waals surface area (Å²) in [4.78, 5) is 11.6. The van der Waals surface area contributed by atoms with Crippen molar-refractivity contribution in [2.24, 2.45) is 5.92 Å². The SMILES string of the molecule is CC(CBr)CNC(=O)c1cc(F)c(Cl)cc1F. The number of hydrogen-bond acceptors (Lipinski definition) is 1. The van der Waals surface area contributed by atoms with Crippen molar-refractivity contribution in [1.29, 1.82) is 0 Å². The van der Waals surface area contributed by atoms with Crippen molar-refractivity contribution >= 4 is 33.4 Å². The molecule has 1 unspecified atom stereocenters. The minimum atomic E-state index is -0.833. The summed E-state index contributed by atoms with van der Waals surface area (Å²) >= 11 is 8.64. The molecule has 0 aromatic heterocycles. The fourth-order valence-corrected chi connectivity index (χ4v) is 1.49. The number of benzene rings is 1. The van der Waals surface area contributed by atoms with Gasteiger partial charge in [0.05, 0.1) is 10.6 Å². The molecular formula is C11H11BrClF2NO. The molecule has 0 radical (unpaired) electrons. The summed E-state index contributed by atoms with van der Waals surface area (Å²) in [5.41, 5.74) is -0.339. The molecule has 17 heavy (non-hydrogen) atoms. The molecule has 1 rings (SSSR count). The van der Waals surface area contributed by atoms with Crippen LogP contribution in [-0.2, 0) is 0 Å². The van der Waals surface area contributed by atoms with Crippen molar-refractivity contribution in [3.05, 3.63) is 34.4 Å². The van der Waals surface area contributed by atoms with Gasteiger partial charge in [-0.25, -0.2) is 8.78 Å². The number of carbonyl (C=O) groups excluding carboxylic acids is 1. The van der Waals surface area contributed by atoms with Crippen molar-refractivity contribution in [1.82, 2.24) is 5.32 Å². The van der Waals surface area contributed by atoms with E-state index in [9.17, 15) is 13.6 Å². The molecule has 1 aromatic rings. The van der Waals surface area contributed by atoms with E-state index in [1.165, 1.54) is 0 Å². The van der Waals surface area contributed by atoms with E-state index in [4.69, 9.17) is 11.6 Å². The lowest BCUT2D eigenvalue weighted by molar-refractivity contribution is 0.0945. The van der Waals surface area contributed by atoms with Gasteiger partial charge in [0.1, 0.15) is 11.6 Å². The lowest BCUT2D eigenvalue weighted by Crippen LogP contribution is -2.29. The molecule has 0 heterocycles. The highest BCUT2D eigenvalue weighted by atomic mass is 79.9. The Bertz CT molecular complexity index is 428. The van der Waals surface area contributed by atoms with Crippen LogP contribution < -0.4 is 5.32 Å². The molecular weight excluding hydrogens is 315 g/mol. The summed E-state index contributed by atoms with van der Waals surface area (Å²) in [7, 11) is 0. The van der Waals surface area contributed by atoms with Gasteiger partial charge in [0.15, 0.2) is 0 Å². The molecule has 0 fully saturated rings. The standard InChI is InChI=1S/C11H11BrClF2NO/c1-6(4-12)5-16-11(17)7-2-10(15)8(13)3-9(7)14/h2-3,6H,4-5H2,1H3,(H,16,17). The molecule has 2 nitrogen and oxygen atoms in total. The highest BCUT2D eigenvalue weighted by Gasteiger charge is 2.15. The smallest absolute Gasteiger partial charge is 0.254 e. The second-order valence-electron chi connectivity index (χ2n) is 3.72. The summed E-state index contributed by atoms with van der Waals surface area (Å²) in [6, 6.07) is 1.59. The number of rotatable bonds is 4. The normalized spacial score (nSPS) is 12.3. The number of amides is 1. The molecule has 1 N–H and O–H groups in total. The first kappa shape index (κ1) is 14.4. The summed E-state index contributed by atoms with van der Waals surface area (Å²) in [6.45, 7) is 2.29. The second kappa shape index (κ2) is 6.31. The molecule has 0 aliphatic carbocycles. The minimum absolute atomic E-state index is 0.208. The van der Waals surface area contributed by atoms with Crippen LogP contribution in [0.2, 0.25) is 5.02 Å². The van der Waals surface area contributed by atoms with Crippen LogP contribution >= 0.6 is 27.5 Å². The zero-order valence-corrected chi connectivity index (χ0v) is 11.4. The van der Waals surface area contributed by atoms with Gasteiger partial charge >= 0.3 is 0 Å². The number of nitrogens with one attached hydrogen (secondary N) is 1. The second-order valence-corrected chi connectivity index (χ2v) is 4.77. The van der Waals surface area contributed by atoms with E-state index in [0.29, 0.717) is 11.9 Å². The van der Waals surface area contributed by atoms with Crippen molar-refractivity contribution in [3.63, 3.8) is 0 Å². The third kappa shape index (κ3) is 3.92. The Labute approximate surface area is 111 Å². The Morgan fingerprint density at radius 1 is 1.47 bits per heavy atom. The van der Waals surface area contributed by atoms with Gasteiger partial charge in [-0.3, -0.25) is 4.79 Å². The fourth-order valence-electron chi connectivity index (χ4n) is 1.11. The Morgan fingerprint density at radius 3 is 2.71 bits per heavy atom. The van der Waals surface area contributed by atoms with Crippen LogP contribution in [0.25, 0.3) is 0 Å². The number of hydrogen-bond donors (Lipinski definition) is 1. The largest absolute Gasteiger partial charge is 0.352 e. The molecule has 1 amide bonds. The van der Waals surface area contributed by atoms with Crippen LogP contribution in [-0.4, -0.2) is 17.8 Å². The van der Waals surface area contributed by atoms with E-state index in [0.717, 1.165) is 12.1 Å². The van der Waals surface area contributed by atoms with E-state index in [-0.39, 0.29) is 16.5 Å². The molecule has 1 atom stereocenters. The number of halogens is 4. The van der Waals surface area contributed by atoms with Crippen LogP contribution in [0.1, 0.15) is 17.3 Å². The van der Waals surface area contributed by atoms with Gasteiger partial charge in [-0.2, -0.15) is 0 Å². The van der Waals surface area contributed by atoms with Crippen molar-refractivity contribution < 1.29 is 13.6 Å². The lowest BCUT2D eigenvalue weighted by Gasteiger charge is -2.10. The molecule has 0 aliphatic heterocycles. The Kier molecular flexibility index (Phi) is 5.33. The molecule has 6 heteroatoms. The van der Waals surface area contributed by atoms with Crippen LogP contribution in [0.3, 0.4) is 0 Å². The molecule has 0 saturated heterocycles. The van der Waals surface area contributed by atoms with Gasteiger partial charge < -0.3 is 5.32 Å². The maximum atomic E-state index is 13.4. The zero-order valence-electron chi connectivity index (χ0n) is 9.07. The Morgan fingerprint density at radius 2 is 2.12 bits per heavy atom. The average molecular weight is 327 g/mol. The zero-order chi connectivity index (χ0) is 13.0. The van der Waals surface area contributed by atoms with E-state index < -0.39 is 17.5 Å². The van der Waals surface area contributed by atoms with Crippen molar-refractivity contribution in [2.75, 3.05) is 11.9 Å². The summed E-state index contributed by atoms with van der Waals surface area (Å²) in [5.74, 6) is -2.09. The van der Waals surface area contributed by atoms with Gasteiger partial charge in [-0.05, 0) is 18.1 Å². The first-order valence-corrected chi connectivity index (χ1v) is 6.44. The number of carbonyl (C=O) groups is 1. The predicted octanol–water partition coefficient (Wildman–Crippen LogP) is 3.38. The first-order valence-electron chi connectivity index (χ1n) is 4.94. The van der Waals surface area contributed by atoms with Crippen LogP contribution in [0.15, 0.2) is 12.1 Å². The molecule has 0 aliphatic rings. The van der Waals surface area contributed by atoms with Gasteiger partial charge in [-0.15, -0.1) is 0 Å². The van der Waals surface area contributed by atoms with Gasteiger partial charge in [0.25, 0.3) is 5.91 Å². The molecule has 94 valence electrons. The maximum Gasteiger partial charge on any atom is 0.254 e. The predicted molar refractivity (Wildman–Crippen MR) is 66.7 cm³/mol. The minimum Gasteiger partial charge on any atom is -0.352 e. The lowest BCUT2D eigenvalue weighted by atomic mass is 10.1. The fraction of sp³-hybridized carbons (Fsp3) is 0.364. The summed E-state index contributed by atoms with van der Waals surface area (Å²) < 4.78 is 26.5. The third-order valence-corrected chi connectivity index (χ3v) is 3.52. The molecule has 1 aromatic carbocycles. The quantitative estimate of drug-likeness (QED) is 0.667. The van der Waals surface area contributed by atoms with Crippen LogP contribution in [0.5, 0.6) is 0 Å². The van der Waals surface area contributed by atoms with Crippen LogP contribution in [0.4, 0.5) is 8.78 Å². The molecule has 0 spiro atoms. The van der Waals surface area contributed by atoms with E-state index in [1.54, 1.807) is 0 Å². The van der Waals surface area contributed by atoms with E-state index in [2.05, 4.69) is 21.2 Å². The average Bonchev–Trinajstić information content (AvgIpc) is 2.30. The van der Waals surface area contributed by atoms with Crippen molar-refractivity contribution in [3.8, 4) is 0 Å². The highest BCUT2D eigenvalue weighted by molar-refractivity contribution is 9.09. The maximum absolute atomic E-state index is 13.4. The third-order valence-electron chi connectivity index (χ3n) is 2.13. The van der Waals surface area contributed by atoms with Gasteiger partial charge in [0.2, 0.25) is 0 Å². The molecule has 0 bridgehead atoms.